The van der Waals surface area contributed by atoms with Crippen LogP contribution in [0.25, 0.3) is 6.08 Å². The molecule has 6 heteroatoms. The van der Waals surface area contributed by atoms with E-state index in [-0.39, 0.29) is 18.2 Å². The summed E-state index contributed by atoms with van der Waals surface area (Å²) in [6.07, 6.45) is 3.57. The summed E-state index contributed by atoms with van der Waals surface area (Å²) in [6.45, 7) is 1.46. The van der Waals surface area contributed by atoms with E-state index in [1.807, 2.05) is 30.3 Å². The van der Waals surface area contributed by atoms with E-state index < -0.39 is 11.9 Å². The number of hydrogen-bond donors (Lipinski definition) is 2. The molecule has 0 saturated heterocycles. The maximum Gasteiger partial charge on any atom is 0.269 e. The fourth-order valence-electron chi connectivity index (χ4n) is 2.93. The average Bonchev–Trinajstić information content (AvgIpc) is 2.66. The van der Waals surface area contributed by atoms with Gasteiger partial charge in [0.15, 0.2) is 0 Å². The molecule has 1 atom stereocenters. The highest BCUT2D eigenvalue weighted by Crippen LogP contribution is 2.32. The fraction of sp³-hybridized carbons (Fsp3) is 0.150. The van der Waals surface area contributed by atoms with Gasteiger partial charge in [0, 0.05) is 18.7 Å². The van der Waals surface area contributed by atoms with Gasteiger partial charge in [-0.2, -0.15) is 0 Å². The van der Waals surface area contributed by atoms with E-state index in [0.29, 0.717) is 5.56 Å². The van der Waals surface area contributed by atoms with Crippen molar-refractivity contribution >= 4 is 23.8 Å². The highest BCUT2D eigenvalue weighted by atomic mass is 16.2. The third-order valence-corrected chi connectivity index (χ3v) is 4.20. The molecule has 3 amide bonds. The van der Waals surface area contributed by atoms with Crippen molar-refractivity contribution in [2.24, 2.45) is 0 Å². The molecule has 1 heterocycles. The first-order valence-corrected chi connectivity index (χ1v) is 8.26. The summed E-state index contributed by atoms with van der Waals surface area (Å²) in [5, 5.41) is 0. The molecular weight excluding hydrogens is 330 g/mol. The predicted molar refractivity (Wildman–Crippen MR) is 97.4 cm³/mol. The molecule has 0 fully saturated rings. The second-order valence-corrected chi connectivity index (χ2v) is 5.96. The zero-order chi connectivity index (χ0) is 18.5. The van der Waals surface area contributed by atoms with Crippen LogP contribution in [-0.4, -0.2) is 22.6 Å². The normalized spacial score (nSPS) is 15.1. The molecule has 2 aromatic carbocycles. The maximum absolute atomic E-state index is 12.3. The van der Waals surface area contributed by atoms with Crippen molar-refractivity contribution in [2.45, 2.75) is 19.4 Å². The largest absolute Gasteiger partial charge is 0.311 e. The van der Waals surface area contributed by atoms with Gasteiger partial charge in [0.05, 0.1) is 12.5 Å². The van der Waals surface area contributed by atoms with E-state index in [2.05, 4.69) is 10.9 Å². The standard InChI is InChI=1S/C20H19N3O3/c1-14(24)23-12-11-15-7-5-6-10-17(15)18(23)13-19(25)21-22-20(26)16-8-3-2-4-9-16/h2-12,18H,13H2,1H3,(H,21,25)(H,22,26)/t18-/m0/s1. The second kappa shape index (κ2) is 7.65. The topological polar surface area (TPSA) is 78.5 Å². The van der Waals surface area contributed by atoms with Crippen LogP contribution in [0.4, 0.5) is 0 Å². The first kappa shape index (κ1) is 17.4. The minimum Gasteiger partial charge on any atom is -0.311 e. The number of carbonyl (C=O) groups excluding carboxylic acids is 3. The van der Waals surface area contributed by atoms with Crippen LogP contribution in [0.2, 0.25) is 0 Å². The molecule has 2 aromatic rings. The molecule has 1 aliphatic rings. The molecule has 0 radical (unpaired) electrons. The molecule has 1 aliphatic heterocycles. The van der Waals surface area contributed by atoms with Crippen molar-refractivity contribution in [1.82, 2.24) is 15.8 Å². The van der Waals surface area contributed by atoms with E-state index >= 15 is 0 Å². The Labute approximate surface area is 151 Å². The summed E-state index contributed by atoms with van der Waals surface area (Å²) in [5.41, 5.74) is 7.13. The minimum atomic E-state index is -0.415. The van der Waals surface area contributed by atoms with E-state index in [0.717, 1.165) is 11.1 Å². The van der Waals surface area contributed by atoms with E-state index in [9.17, 15) is 14.4 Å². The van der Waals surface area contributed by atoms with Crippen molar-refractivity contribution in [3.8, 4) is 0 Å². The summed E-state index contributed by atoms with van der Waals surface area (Å²) in [4.78, 5) is 37.8. The molecule has 0 saturated carbocycles. The molecule has 3 rings (SSSR count). The Balaban J connectivity index is 1.68. The van der Waals surface area contributed by atoms with E-state index in [4.69, 9.17) is 0 Å². The molecule has 2 N–H and O–H groups in total. The van der Waals surface area contributed by atoms with E-state index in [1.165, 1.54) is 11.8 Å². The Kier molecular flexibility index (Phi) is 5.12. The molecular formula is C20H19N3O3. The Morgan fingerprint density at radius 2 is 1.65 bits per heavy atom. The van der Waals surface area contributed by atoms with Gasteiger partial charge < -0.3 is 4.90 Å². The van der Waals surface area contributed by atoms with Crippen LogP contribution in [-0.2, 0) is 9.59 Å². The molecule has 26 heavy (non-hydrogen) atoms. The summed E-state index contributed by atoms with van der Waals surface area (Å²) in [5.74, 6) is -0.927. The highest BCUT2D eigenvalue weighted by molar-refractivity contribution is 5.95. The Morgan fingerprint density at radius 3 is 2.38 bits per heavy atom. The third kappa shape index (κ3) is 3.80. The number of nitrogens with one attached hydrogen (secondary N) is 2. The smallest absolute Gasteiger partial charge is 0.269 e. The van der Waals surface area contributed by atoms with Gasteiger partial charge in [0.25, 0.3) is 5.91 Å². The summed E-state index contributed by atoms with van der Waals surface area (Å²) >= 11 is 0. The first-order chi connectivity index (χ1) is 12.6. The number of amides is 3. The average molecular weight is 349 g/mol. The monoisotopic (exact) mass is 349 g/mol. The number of benzene rings is 2. The number of nitrogens with zero attached hydrogens (tertiary/aromatic N) is 1. The Hall–Kier alpha value is -3.41. The van der Waals surface area contributed by atoms with Crippen LogP contribution in [0.5, 0.6) is 0 Å². The Morgan fingerprint density at radius 1 is 0.962 bits per heavy atom. The van der Waals surface area contributed by atoms with Gasteiger partial charge in [-0.15, -0.1) is 0 Å². The van der Waals surface area contributed by atoms with Crippen molar-refractivity contribution in [3.05, 3.63) is 77.5 Å². The maximum atomic E-state index is 12.3. The number of fused-ring (bicyclic) bond motifs is 1. The summed E-state index contributed by atoms with van der Waals surface area (Å²) < 4.78 is 0. The number of hydrazine groups is 1. The molecule has 0 aromatic heterocycles. The zero-order valence-electron chi connectivity index (χ0n) is 14.3. The lowest BCUT2D eigenvalue weighted by molar-refractivity contribution is -0.130. The predicted octanol–water partition coefficient (Wildman–Crippen LogP) is 2.41. The van der Waals surface area contributed by atoms with E-state index in [1.54, 1.807) is 36.5 Å². The van der Waals surface area contributed by atoms with Crippen LogP contribution < -0.4 is 10.9 Å². The zero-order valence-corrected chi connectivity index (χ0v) is 14.3. The molecule has 132 valence electrons. The fourth-order valence-corrected chi connectivity index (χ4v) is 2.93. The van der Waals surface area contributed by atoms with Gasteiger partial charge in [-0.05, 0) is 29.3 Å². The lowest BCUT2D eigenvalue weighted by atomic mass is 9.93. The van der Waals surface area contributed by atoms with Crippen LogP contribution in [0, 0.1) is 0 Å². The van der Waals surface area contributed by atoms with Gasteiger partial charge in [0.1, 0.15) is 0 Å². The van der Waals surface area contributed by atoms with Crippen LogP contribution in [0.1, 0.15) is 40.9 Å². The highest BCUT2D eigenvalue weighted by Gasteiger charge is 2.28. The molecule has 0 unspecified atom stereocenters. The first-order valence-electron chi connectivity index (χ1n) is 8.26. The number of rotatable bonds is 3. The number of carbonyl (C=O) groups is 3. The van der Waals surface area contributed by atoms with Gasteiger partial charge in [-0.25, -0.2) is 0 Å². The van der Waals surface area contributed by atoms with Crippen molar-refractivity contribution in [2.75, 3.05) is 0 Å². The van der Waals surface area contributed by atoms with Gasteiger partial charge in [-0.3, -0.25) is 25.2 Å². The van der Waals surface area contributed by atoms with Crippen molar-refractivity contribution in [1.29, 1.82) is 0 Å². The van der Waals surface area contributed by atoms with Gasteiger partial charge >= 0.3 is 0 Å². The summed E-state index contributed by atoms with van der Waals surface area (Å²) in [6, 6.07) is 15.8. The molecule has 0 spiro atoms. The van der Waals surface area contributed by atoms with Crippen molar-refractivity contribution < 1.29 is 14.4 Å². The van der Waals surface area contributed by atoms with Crippen molar-refractivity contribution in [3.63, 3.8) is 0 Å². The molecule has 0 bridgehead atoms. The summed E-state index contributed by atoms with van der Waals surface area (Å²) in [7, 11) is 0. The van der Waals surface area contributed by atoms with Crippen LogP contribution in [0.15, 0.2) is 60.8 Å². The van der Waals surface area contributed by atoms with Crippen LogP contribution >= 0.6 is 0 Å². The van der Waals surface area contributed by atoms with Gasteiger partial charge in [0.2, 0.25) is 11.8 Å². The number of hydrogen-bond acceptors (Lipinski definition) is 3. The Bertz CT molecular complexity index is 862. The minimum absolute atomic E-state index is 0.0377. The lowest BCUT2D eigenvalue weighted by Crippen LogP contribution is -2.43. The molecule has 0 aliphatic carbocycles. The second-order valence-electron chi connectivity index (χ2n) is 5.96. The van der Waals surface area contributed by atoms with Crippen LogP contribution in [0.3, 0.4) is 0 Å². The molecule has 6 nitrogen and oxygen atoms in total. The lowest BCUT2D eigenvalue weighted by Gasteiger charge is -2.32. The SMILES string of the molecule is CC(=O)N1C=Cc2ccccc2[C@@H]1CC(=O)NNC(=O)c1ccccc1. The third-order valence-electron chi connectivity index (χ3n) is 4.20. The van der Waals surface area contributed by atoms with Gasteiger partial charge in [-0.1, -0.05) is 42.5 Å². The quantitative estimate of drug-likeness (QED) is 0.835.